The summed E-state index contributed by atoms with van der Waals surface area (Å²) < 4.78 is 13.5. The second-order valence-electron chi connectivity index (χ2n) is 4.44. The molecule has 0 spiro atoms. The van der Waals surface area contributed by atoms with Crippen molar-refractivity contribution in [3.8, 4) is 0 Å². The quantitative estimate of drug-likeness (QED) is 0.873. The van der Waals surface area contributed by atoms with E-state index in [4.69, 9.17) is 11.6 Å². The Morgan fingerprint density at radius 2 is 1.63 bits per heavy atom. The summed E-state index contributed by atoms with van der Waals surface area (Å²) in [4.78, 5) is 0. The smallest absolute Gasteiger partial charge is 0.137 e. The van der Waals surface area contributed by atoms with Gasteiger partial charge in [0.15, 0.2) is 0 Å². The summed E-state index contributed by atoms with van der Waals surface area (Å²) in [5.41, 5.74) is 1.92. The molecule has 1 unspecified atom stereocenters. The highest BCUT2D eigenvalue weighted by atomic mass is 79.9. The molecule has 4 heteroatoms. The molecule has 0 radical (unpaired) electrons. The lowest BCUT2D eigenvalue weighted by molar-refractivity contribution is 0.175. The lowest BCUT2D eigenvalue weighted by Gasteiger charge is -2.11. The van der Waals surface area contributed by atoms with E-state index in [1.165, 1.54) is 6.07 Å². The monoisotopic (exact) mass is 342 g/mol. The van der Waals surface area contributed by atoms with E-state index < -0.39 is 6.10 Å². The second-order valence-corrected chi connectivity index (χ2v) is 5.73. The number of hydrogen-bond acceptors (Lipinski definition) is 1. The topological polar surface area (TPSA) is 20.2 Å². The molecule has 1 nitrogen and oxygen atoms in total. The first kappa shape index (κ1) is 14.5. The van der Waals surface area contributed by atoms with Crippen LogP contribution >= 0.6 is 27.5 Å². The molecule has 2 rings (SSSR count). The largest absolute Gasteiger partial charge is 0.392 e. The molecule has 19 heavy (non-hydrogen) atoms. The first-order valence-corrected chi connectivity index (χ1v) is 7.08. The number of aliphatic hydroxyl groups excluding tert-OH is 1. The average Bonchev–Trinajstić information content (AvgIpc) is 2.37. The first-order valence-electron chi connectivity index (χ1n) is 5.91. The Morgan fingerprint density at radius 3 is 2.26 bits per heavy atom. The van der Waals surface area contributed by atoms with E-state index in [9.17, 15) is 9.50 Å². The van der Waals surface area contributed by atoms with Crippen LogP contribution in [-0.4, -0.2) is 11.2 Å². The minimum Gasteiger partial charge on any atom is -0.392 e. The van der Waals surface area contributed by atoms with Crippen molar-refractivity contribution >= 4 is 27.5 Å². The fourth-order valence-electron chi connectivity index (χ4n) is 1.90. The van der Waals surface area contributed by atoms with Crippen LogP contribution in [0.4, 0.5) is 4.39 Å². The zero-order valence-corrected chi connectivity index (χ0v) is 12.5. The number of aliphatic hydroxyl groups is 1. The zero-order chi connectivity index (χ0) is 13.8. The van der Waals surface area contributed by atoms with Crippen molar-refractivity contribution in [3.63, 3.8) is 0 Å². The third kappa shape index (κ3) is 4.30. The molecule has 0 amide bonds. The molecule has 0 heterocycles. The molecule has 0 bridgehead atoms. The van der Waals surface area contributed by atoms with Gasteiger partial charge in [0.2, 0.25) is 0 Å². The second kappa shape index (κ2) is 6.51. The van der Waals surface area contributed by atoms with E-state index in [0.29, 0.717) is 22.3 Å². The summed E-state index contributed by atoms with van der Waals surface area (Å²) in [6.07, 6.45) is 0.534. The Hall–Kier alpha value is -0.900. The van der Waals surface area contributed by atoms with Gasteiger partial charge in [-0.1, -0.05) is 29.8 Å². The molecule has 0 aliphatic carbocycles. The number of hydrogen-bond donors (Lipinski definition) is 1. The van der Waals surface area contributed by atoms with Crippen LogP contribution in [0.25, 0.3) is 0 Å². The molecular weight excluding hydrogens is 331 g/mol. The minimum absolute atomic E-state index is 0.295. The maximum absolute atomic E-state index is 13.1. The van der Waals surface area contributed by atoms with Crippen molar-refractivity contribution in [2.45, 2.75) is 18.9 Å². The Balaban J connectivity index is 1.98. The SMILES string of the molecule is OC(Cc1ccc(Cl)cc1)Cc1ccc(F)c(Br)c1. The highest BCUT2D eigenvalue weighted by Gasteiger charge is 2.08. The van der Waals surface area contributed by atoms with Crippen LogP contribution in [0.1, 0.15) is 11.1 Å². The number of halogens is 3. The van der Waals surface area contributed by atoms with Crippen LogP contribution in [0.15, 0.2) is 46.9 Å². The van der Waals surface area contributed by atoms with Crippen LogP contribution in [0, 0.1) is 5.82 Å². The Bertz CT molecular complexity index is 557. The van der Waals surface area contributed by atoms with E-state index in [1.807, 2.05) is 12.1 Å². The van der Waals surface area contributed by atoms with Gasteiger partial charge >= 0.3 is 0 Å². The van der Waals surface area contributed by atoms with Crippen LogP contribution < -0.4 is 0 Å². The summed E-state index contributed by atoms with van der Waals surface area (Å²) in [6.45, 7) is 0. The molecule has 100 valence electrons. The van der Waals surface area contributed by atoms with E-state index in [0.717, 1.165) is 11.1 Å². The summed E-state index contributed by atoms with van der Waals surface area (Å²) in [5, 5.41) is 10.7. The standard InChI is InChI=1S/C15H13BrClFO/c16-14-9-11(3-6-15(14)18)8-13(19)7-10-1-4-12(17)5-2-10/h1-6,9,13,19H,7-8H2. The first-order chi connectivity index (χ1) is 9.04. The molecule has 2 aromatic rings. The third-order valence-corrected chi connectivity index (χ3v) is 3.70. The van der Waals surface area contributed by atoms with Crippen molar-refractivity contribution < 1.29 is 9.50 Å². The Kier molecular flexibility index (Phi) is 4.97. The van der Waals surface area contributed by atoms with Crippen LogP contribution in [0.5, 0.6) is 0 Å². The molecule has 1 atom stereocenters. The van der Waals surface area contributed by atoms with Crippen molar-refractivity contribution in [3.05, 3.63) is 68.9 Å². The van der Waals surface area contributed by atoms with Crippen LogP contribution in [-0.2, 0) is 12.8 Å². The van der Waals surface area contributed by atoms with E-state index >= 15 is 0 Å². The van der Waals surface area contributed by atoms with Gasteiger partial charge in [0.25, 0.3) is 0 Å². The van der Waals surface area contributed by atoms with Gasteiger partial charge in [-0.25, -0.2) is 4.39 Å². The van der Waals surface area contributed by atoms with Gasteiger partial charge in [-0.15, -0.1) is 0 Å². The fourth-order valence-corrected chi connectivity index (χ4v) is 2.46. The van der Waals surface area contributed by atoms with E-state index in [1.54, 1.807) is 24.3 Å². The summed E-state index contributed by atoms with van der Waals surface area (Å²) >= 11 is 8.95. The summed E-state index contributed by atoms with van der Waals surface area (Å²) in [6, 6.07) is 12.2. The maximum Gasteiger partial charge on any atom is 0.137 e. The zero-order valence-electron chi connectivity index (χ0n) is 10.1. The third-order valence-electron chi connectivity index (χ3n) is 2.84. The van der Waals surface area contributed by atoms with Crippen molar-refractivity contribution in [1.82, 2.24) is 0 Å². The van der Waals surface area contributed by atoms with Gasteiger partial charge < -0.3 is 5.11 Å². The van der Waals surface area contributed by atoms with Gasteiger partial charge in [-0.05, 0) is 64.2 Å². The molecule has 1 N–H and O–H groups in total. The fraction of sp³-hybridized carbons (Fsp3) is 0.200. The molecular formula is C15H13BrClFO. The van der Waals surface area contributed by atoms with E-state index in [-0.39, 0.29) is 5.82 Å². The number of benzene rings is 2. The molecule has 0 saturated carbocycles. The Labute approximate surface area is 125 Å². The predicted octanol–water partition coefficient (Wildman–Crippen LogP) is 4.39. The predicted molar refractivity (Wildman–Crippen MR) is 79.0 cm³/mol. The lowest BCUT2D eigenvalue weighted by Crippen LogP contribution is -2.13. The van der Waals surface area contributed by atoms with Gasteiger partial charge in [0, 0.05) is 5.02 Å². The normalized spacial score (nSPS) is 12.4. The maximum atomic E-state index is 13.1. The highest BCUT2D eigenvalue weighted by molar-refractivity contribution is 9.10. The molecule has 0 saturated heterocycles. The minimum atomic E-state index is -0.501. The molecule has 0 aromatic heterocycles. The van der Waals surface area contributed by atoms with Crippen molar-refractivity contribution in [2.24, 2.45) is 0 Å². The van der Waals surface area contributed by atoms with Crippen molar-refractivity contribution in [2.75, 3.05) is 0 Å². The van der Waals surface area contributed by atoms with Gasteiger partial charge in [0.05, 0.1) is 10.6 Å². The molecule has 0 fully saturated rings. The van der Waals surface area contributed by atoms with Gasteiger partial charge in [-0.3, -0.25) is 0 Å². The molecule has 0 aliphatic rings. The average molecular weight is 344 g/mol. The van der Waals surface area contributed by atoms with Crippen LogP contribution in [0.3, 0.4) is 0 Å². The van der Waals surface area contributed by atoms with Gasteiger partial charge in [0.1, 0.15) is 5.82 Å². The van der Waals surface area contributed by atoms with E-state index in [2.05, 4.69) is 15.9 Å². The molecule has 0 aliphatic heterocycles. The van der Waals surface area contributed by atoms with Crippen molar-refractivity contribution in [1.29, 1.82) is 0 Å². The van der Waals surface area contributed by atoms with Crippen LogP contribution in [0.2, 0.25) is 5.02 Å². The summed E-state index contributed by atoms with van der Waals surface area (Å²) in [5.74, 6) is -0.295. The lowest BCUT2D eigenvalue weighted by atomic mass is 10.0. The Morgan fingerprint density at radius 1 is 1.05 bits per heavy atom. The van der Waals surface area contributed by atoms with Gasteiger partial charge in [-0.2, -0.15) is 0 Å². The molecule has 2 aromatic carbocycles. The number of rotatable bonds is 4. The summed E-state index contributed by atoms with van der Waals surface area (Å²) in [7, 11) is 0. The highest BCUT2D eigenvalue weighted by Crippen LogP contribution is 2.19.